The van der Waals surface area contributed by atoms with E-state index in [-0.39, 0.29) is 12.5 Å². The average molecular weight is 290 g/mol. The quantitative estimate of drug-likeness (QED) is 0.849. The van der Waals surface area contributed by atoms with Gasteiger partial charge in [-0.15, -0.1) is 0 Å². The average Bonchev–Trinajstić information content (AvgIpc) is 3.19. The Balaban J connectivity index is 1.72. The van der Waals surface area contributed by atoms with E-state index in [1.165, 1.54) is 24.7 Å². The first-order valence-corrected chi connectivity index (χ1v) is 7.90. The van der Waals surface area contributed by atoms with Crippen LogP contribution in [0, 0.1) is 0 Å². The van der Waals surface area contributed by atoms with E-state index < -0.39 is 0 Å². The van der Waals surface area contributed by atoms with Crippen LogP contribution in [0.3, 0.4) is 0 Å². The Kier molecular flexibility index (Phi) is 4.11. The molecule has 1 fully saturated rings. The number of hydrogen-bond acceptors (Lipinski definition) is 4. The molecule has 1 amide bonds. The van der Waals surface area contributed by atoms with E-state index in [0.29, 0.717) is 12.6 Å². The highest BCUT2D eigenvalue weighted by atomic mass is 32.1. The van der Waals surface area contributed by atoms with E-state index in [1.807, 2.05) is 4.90 Å². The van der Waals surface area contributed by atoms with Crippen molar-refractivity contribution in [2.75, 3.05) is 0 Å². The minimum Gasteiger partial charge on any atom is -0.334 e. The highest BCUT2D eigenvalue weighted by Crippen LogP contribution is 2.25. The predicted molar refractivity (Wildman–Crippen MR) is 77.1 cm³/mol. The molecule has 0 aliphatic heterocycles. The third-order valence-corrected chi connectivity index (χ3v) is 4.51. The molecular weight excluding hydrogens is 272 g/mol. The number of thiophene rings is 1. The molecule has 0 unspecified atom stereocenters. The van der Waals surface area contributed by atoms with Gasteiger partial charge in [-0.25, -0.2) is 9.67 Å². The largest absolute Gasteiger partial charge is 0.334 e. The third kappa shape index (κ3) is 3.07. The van der Waals surface area contributed by atoms with Crippen LogP contribution in [0.5, 0.6) is 0 Å². The van der Waals surface area contributed by atoms with E-state index in [4.69, 9.17) is 0 Å². The predicted octanol–water partition coefficient (Wildman–Crippen LogP) is 2.31. The summed E-state index contributed by atoms with van der Waals surface area (Å²) in [6, 6.07) is 2.47. The lowest BCUT2D eigenvalue weighted by Gasteiger charge is -2.28. The first-order chi connectivity index (χ1) is 9.83. The SMILES string of the molecule is O=C(Cn1cncn1)N(Cc1ccsc1)C1CCCC1. The summed E-state index contributed by atoms with van der Waals surface area (Å²) < 4.78 is 1.60. The molecular formula is C14H18N4OS. The molecule has 0 aromatic carbocycles. The fourth-order valence-corrected chi connectivity index (χ4v) is 3.42. The fraction of sp³-hybridized carbons (Fsp3) is 0.500. The fourth-order valence-electron chi connectivity index (χ4n) is 2.76. The summed E-state index contributed by atoms with van der Waals surface area (Å²) in [5.74, 6) is 0.133. The highest BCUT2D eigenvalue weighted by Gasteiger charge is 2.27. The Labute approximate surface area is 122 Å². The molecule has 106 valence electrons. The van der Waals surface area contributed by atoms with Crippen molar-refractivity contribution in [1.29, 1.82) is 0 Å². The molecule has 0 N–H and O–H groups in total. The van der Waals surface area contributed by atoms with Gasteiger partial charge in [0.2, 0.25) is 5.91 Å². The van der Waals surface area contributed by atoms with E-state index in [9.17, 15) is 4.79 Å². The van der Waals surface area contributed by atoms with Crippen molar-refractivity contribution in [2.45, 2.75) is 44.8 Å². The monoisotopic (exact) mass is 290 g/mol. The molecule has 0 radical (unpaired) electrons. The minimum atomic E-state index is 0.133. The van der Waals surface area contributed by atoms with Gasteiger partial charge in [0.15, 0.2) is 0 Å². The maximum absolute atomic E-state index is 12.6. The summed E-state index contributed by atoms with van der Waals surface area (Å²) in [6.07, 6.45) is 7.74. The van der Waals surface area contributed by atoms with Gasteiger partial charge in [0.1, 0.15) is 19.2 Å². The molecule has 2 aromatic heterocycles. The zero-order valence-electron chi connectivity index (χ0n) is 11.3. The van der Waals surface area contributed by atoms with Gasteiger partial charge in [-0.05, 0) is 35.2 Å². The van der Waals surface area contributed by atoms with Gasteiger partial charge in [0.25, 0.3) is 0 Å². The first-order valence-electron chi connectivity index (χ1n) is 6.96. The van der Waals surface area contributed by atoms with Gasteiger partial charge >= 0.3 is 0 Å². The van der Waals surface area contributed by atoms with Crippen LogP contribution >= 0.6 is 11.3 Å². The second-order valence-corrected chi connectivity index (χ2v) is 5.96. The summed E-state index contributed by atoms with van der Waals surface area (Å²) >= 11 is 1.68. The molecule has 2 aromatic rings. The van der Waals surface area contributed by atoms with Crippen molar-refractivity contribution in [3.8, 4) is 0 Å². The lowest BCUT2D eigenvalue weighted by Crippen LogP contribution is -2.40. The zero-order chi connectivity index (χ0) is 13.8. The van der Waals surface area contributed by atoms with Crippen molar-refractivity contribution < 1.29 is 4.79 Å². The van der Waals surface area contributed by atoms with Gasteiger partial charge in [-0.1, -0.05) is 12.8 Å². The highest BCUT2D eigenvalue weighted by molar-refractivity contribution is 7.07. The van der Waals surface area contributed by atoms with Crippen LogP contribution in [0.2, 0.25) is 0 Å². The second kappa shape index (κ2) is 6.17. The number of aromatic nitrogens is 3. The smallest absolute Gasteiger partial charge is 0.244 e. The Morgan fingerprint density at radius 1 is 1.45 bits per heavy atom. The summed E-state index contributed by atoms with van der Waals surface area (Å²) in [4.78, 5) is 18.5. The van der Waals surface area contributed by atoms with Crippen LogP contribution in [0.4, 0.5) is 0 Å². The molecule has 20 heavy (non-hydrogen) atoms. The van der Waals surface area contributed by atoms with Gasteiger partial charge in [0, 0.05) is 12.6 Å². The molecule has 3 rings (SSSR count). The minimum absolute atomic E-state index is 0.133. The Hall–Kier alpha value is -1.69. The molecule has 0 spiro atoms. The number of nitrogens with zero attached hydrogens (tertiary/aromatic N) is 4. The maximum atomic E-state index is 12.6. The Morgan fingerprint density at radius 2 is 2.30 bits per heavy atom. The van der Waals surface area contributed by atoms with Gasteiger partial charge < -0.3 is 4.90 Å². The molecule has 0 saturated heterocycles. The lowest BCUT2D eigenvalue weighted by molar-refractivity contribution is -0.135. The topological polar surface area (TPSA) is 51.0 Å². The van der Waals surface area contributed by atoms with Crippen LogP contribution < -0.4 is 0 Å². The van der Waals surface area contributed by atoms with Crippen molar-refractivity contribution in [2.24, 2.45) is 0 Å². The van der Waals surface area contributed by atoms with E-state index in [1.54, 1.807) is 22.3 Å². The standard InChI is InChI=1S/C14H18N4OS/c19-14(8-17-11-15-10-16-17)18(13-3-1-2-4-13)7-12-5-6-20-9-12/h5-6,9-11,13H,1-4,7-8H2. The van der Waals surface area contributed by atoms with Crippen molar-refractivity contribution in [1.82, 2.24) is 19.7 Å². The molecule has 0 atom stereocenters. The van der Waals surface area contributed by atoms with Crippen LogP contribution in [0.1, 0.15) is 31.2 Å². The van der Waals surface area contributed by atoms with Crippen LogP contribution in [-0.4, -0.2) is 31.6 Å². The van der Waals surface area contributed by atoms with Crippen LogP contribution in [-0.2, 0) is 17.9 Å². The summed E-state index contributed by atoms with van der Waals surface area (Å²) in [5, 5.41) is 8.20. The molecule has 6 heteroatoms. The van der Waals surface area contributed by atoms with Gasteiger partial charge in [-0.2, -0.15) is 16.4 Å². The summed E-state index contributed by atoms with van der Waals surface area (Å²) in [7, 11) is 0. The number of hydrogen-bond donors (Lipinski definition) is 0. The van der Waals surface area contributed by atoms with Crippen molar-refractivity contribution >= 4 is 17.2 Å². The number of amides is 1. The number of carbonyl (C=O) groups is 1. The van der Waals surface area contributed by atoms with Crippen LogP contribution in [0.25, 0.3) is 0 Å². The zero-order valence-corrected chi connectivity index (χ0v) is 12.1. The Morgan fingerprint density at radius 3 is 2.95 bits per heavy atom. The molecule has 1 saturated carbocycles. The molecule has 1 aliphatic rings. The molecule has 1 aliphatic carbocycles. The van der Waals surface area contributed by atoms with E-state index >= 15 is 0 Å². The third-order valence-electron chi connectivity index (χ3n) is 3.78. The molecule has 5 nitrogen and oxygen atoms in total. The van der Waals surface area contributed by atoms with E-state index in [0.717, 1.165) is 12.8 Å². The number of rotatable bonds is 5. The van der Waals surface area contributed by atoms with Gasteiger partial charge in [0.05, 0.1) is 0 Å². The molecule has 2 heterocycles. The van der Waals surface area contributed by atoms with Crippen molar-refractivity contribution in [3.63, 3.8) is 0 Å². The lowest BCUT2D eigenvalue weighted by atomic mass is 10.2. The summed E-state index contributed by atoms with van der Waals surface area (Å²) in [6.45, 7) is 0.988. The van der Waals surface area contributed by atoms with Crippen LogP contribution in [0.15, 0.2) is 29.5 Å². The first kappa shape index (κ1) is 13.3. The molecule has 0 bridgehead atoms. The normalized spacial score (nSPS) is 15.6. The van der Waals surface area contributed by atoms with E-state index in [2.05, 4.69) is 26.9 Å². The second-order valence-electron chi connectivity index (χ2n) is 5.18. The van der Waals surface area contributed by atoms with Gasteiger partial charge in [-0.3, -0.25) is 4.79 Å². The maximum Gasteiger partial charge on any atom is 0.244 e. The Bertz CT molecular complexity index is 532. The number of carbonyl (C=O) groups excluding carboxylic acids is 1. The summed E-state index contributed by atoms with van der Waals surface area (Å²) in [5.41, 5.74) is 1.22. The van der Waals surface area contributed by atoms with Crippen molar-refractivity contribution in [3.05, 3.63) is 35.0 Å².